The maximum absolute atomic E-state index is 11.8. The minimum absolute atomic E-state index is 0.0255. The Morgan fingerprint density at radius 1 is 1.45 bits per heavy atom. The Morgan fingerprint density at radius 3 is 2.65 bits per heavy atom. The molecule has 0 bridgehead atoms. The largest absolute Gasteiger partial charge is 0.462 e. The molecule has 0 saturated carbocycles. The molecule has 114 valence electrons. The first-order valence-electron chi connectivity index (χ1n) is 6.66. The summed E-state index contributed by atoms with van der Waals surface area (Å²) in [5, 5.41) is 6.45. The Labute approximate surface area is 124 Å². The summed E-state index contributed by atoms with van der Waals surface area (Å²) in [4.78, 5) is 11.8. The van der Waals surface area contributed by atoms with Crippen molar-refractivity contribution in [1.29, 1.82) is 0 Å². The summed E-state index contributed by atoms with van der Waals surface area (Å²) in [6.45, 7) is 4.56. The molecule has 0 aliphatic carbocycles. The van der Waals surface area contributed by atoms with E-state index in [0.717, 1.165) is 37.0 Å². The number of unbranched alkanes of at least 4 members (excludes halogenated alkanes) is 1. The van der Waals surface area contributed by atoms with Gasteiger partial charge in [0.2, 0.25) is 10.0 Å². The maximum atomic E-state index is 11.8. The lowest BCUT2D eigenvalue weighted by Gasteiger charge is -2.14. The smallest absolute Gasteiger partial charge is 0.339 e. The van der Waals surface area contributed by atoms with E-state index in [1.807, 2.05) is 0 Å². The molecule has 0 fully saturated rings. The van der Waals surface area contributed by atoms with E-state index in [0.29, 0.717) is 12.5 Å². The topological polar surface area (TPSA) is 86.5 Å². The van der Waals surface area contributed by atoms with Crippen LogP contribution in [0.5, 0.6) is 0 Å². The van der Waals surface area contributed by atoms with Crippen molar-refractivity contribution in [3.05, 3.63) is 17.0 Å². The van der Waals surface area contributed by atoms with Crippen molar-refractivity contribution < 1.29 is 17.9 Å². The van der Waals surface area contributed by atoms with E-state index in [4.69, 9.17) is 9.88 Å². The van der Waals surface area contributed by atoms with Crippen LogP contribution in [0.25, 0.3) is 0 Å². The molecule has 1 heterocycles. The highest BCUT2D eigenvalue weighted by Crippen LogP contribution is 2.20. The highest BCUT2D eigenvalue weighted by molar-refractivity contribution is 7.91. The highest BCUT2D eigenvalue weighted by Gasteiger charge is 2.17. The molecule has 7 heteroatoms. The Balaban J connectivity index is 2.56. The van der Waals surface area contributed by atoms with E-state index in [9.17, 15) is 13.2 Å². The summed E-state index contributed by atoms with van der Waals surface area (Å²) in [5.74, 6) is -0.138. The first-order valence-corrected chi connectivity index (χ1v) is 9.09. The number of nitrogens with two attached hydrogens (primary N) is 1. The molecule has 20 heavy (non-hydrogen) atoms. The van der Waals surface area contributed by atoms with E-state index in [1.54, 1.807) is 0 Å². The van der Waals surface area contributed by atoms with Crippen molar-refractivity contribution in [1.82, 2.24) is 0 Å². The van der Waals surface area contributed by atoms with Crippen molar-refractivity contribution in [2.24, 2.45) is 11.1 Å². The average molecular weight is 319 g/mol. The lowest BCUT2D eigenvalue weighted by Crippen LogP contribution is -2.14. The van der Waals surface area contributed by atoms with Crippen molar-refractivity contribution in [3.63, 3.8) is 0 Å². The molecular formula is C13H21NO4S2. The summed E-state index contributed by atoms with van der Waals surface area (Å²) < 4.78 is 27.5. The monoisotopic (exact) mass is 319 g/mol. The molecule has 0 amide bonds. The number of rotatable bonds is 8. The molecule has 0 spiro atoms. The van der Waals surface area contributed by atoms with E-state index >= 15 is 0 Å². The molecule has 1 aromatic heterocycles. The molecule has 0 saturated heterocycles. The number of hydrogen-bond donors (Lipinski definition) is 1. The summed E-state index contributed by atoms with van der Waals surface area (Å²) in [7, 11) is -3.75. The fourth-order valence-corrected chi connectivity index (χ4v) is 3.32. The van der Waals surface area contributed by atoms with Crippen LogP contribution in [0.3, 0.4) is 0 Å². The predicted octanol–water partition coefficient (Wildman–Crippen LogP) is 2.77. The Kier molecular flexibility index (Phi) is 6.64. The van der Waals surface area contributed by atoms with Crippen molar-refractivity contribution in [2.45, 2.75) is 43.7 Å². The molecule has 0 aromatic carbocycles. The standard InChI is InChI=1S/C13H21NO4S2/c1-3-5-6-10(4-2)8-18-13(15)11-7-12(19-9-11)20(14,16)17/h7,9-10H,3-6,8H2,1-2H3,(H2,14,16,17). The molecule has 1 aromatic rings. The number of esters is 1. The fraction of sp³-hybridized carbons (Fsp3) is 0.615. The summed E-state index contributed by atoms with van der Waals surface area (Å²) in [5.41, 5.74) is 0.240. The van der Waals surface area contributed by atoms with Gasteiger partial charge in [-0.05, 0) is 18.4 Å². The number of thiophene rings is 1. The van der Waals surface area contributed by atoms with Gasteiger partial charge < -0.3 is 4.74 Å². The third kappa shape index (κ3) is 5.22. The molecular weight excluding hydrogens is 298 g/mol. The summed E-state index contributed by atoms with van der Waals surface area (Å²) >= 11 is 0.925. The zero-order valence-corrected chi connectivity index (χ0v) is 13.4. The summed E-state index contributed by atoms with van der Waals surface area (Å²) in [6.07, 6.45) is 4.22. The molecule has 1 atom stereocenters. The van der Waals surface area contributed by atoms with Crippen LogP contribution in [0.15, 0.2) is 15.7 Å². The first-order chi connectivity index (χ1) is 9.38. The van der Waals surface area contributed by atoms with Gasteiger partial charge in [0.1, 0.15) is 4.21 Å². The van der Waals surface area contributed by atoms with Gasteiger partial charge >= 0.3 is 5.97 Å². The molecule has 0 aliphatic heterocycles. The van der Waals surface area contributed by atoms with Gasteiger partial charge in [0, 0.05) is 5.38 Å². The maximum Gasteiger partial charge on any atom is 0.339 e. The van der Waals surface area contributed by atoms with E-state index < -0.39 is 16.0 Å². The van der Waals surface area contributed by atoms with Gasteiger partial charge in [0.25, 0.3) is 0 Å². The Bertz CT molecular complexity index is 536. The van der Waals surface area contributed by atoms with Crippen LogP contribution in [0.1, 0.15) is 49.9 Å². The van der Waals surface area contributed by atoms with Crippen LogP contribution in [-0.2, 0) is 14.8 Å². The van der Waals surface area contributed by atoms with Gasteiger partial charge in [-0.2, -0.15) is 0 Å². The molecule has 0 radical (unpaired) electrons. The molecule has 2 N–H and O–H groups in total. The van der Waals surface area contributed by atoms with Crippen LogP contribution in [0.4, 0.5) is 0 Å². The van der Waals surface area contributed by atoms with Gasteiger partial charge in [-0.15, -0.1) is 11.3 Å². The minimum Gasteiger partial charge on any atom is -0.462 e. The van der Waals surface area contributed by atoms with Crippen molar-refractivity contribution in [3.8, 4) is 0 Å². The molecule has 0 aliphatic rings. The second-order valence-electron chi connectivity index (χ2n) is 4.71. The van der Waals surface area contributed by atoms with Gasteiger partial charge in [0.05, 0.1) is 12.2 Å². The zero-order chi connectivity index (χ0) is 15.2. The predicted molar refractivity (Wildman–Crippen MR) is 79.3 cm³/mol. The second kappa shape index (κ2) is 7.75. The highest BCUT2D eigenvalue weighted by atomic mass is 32.2. The van der Waals surface area contributed by atoms with Gasteiger partial charge in [-0.3, -0.25) is 0 Å². The van der Waals surface area contributed by atoms with Crippen LogP contribution in [0, 0.1) is 5.92 Å². The quantitative estimate of drug-likeness (QED) is 0.746. The van der Waals surface area contributed by atoms with Crippen LogP contribution < -0.4 is 5.14 Å². The number of primary sulfonamides is 1. The van der Waals surface area contributed by atoms with E-state index in [1.165, 1.54) is 11.4 Å². The van der Waals surface area contributed by atoms with E-state index in [2.05, 4.69) is 13.8 Å². The number of ether oxygens (including phenoxy) is 1. The molecule has 1 unspecified atom stereocenters. The van der Waals surface area contributed by atoms with Gasteiger partial charge in [-0.25, -0.2) is 18.4 Å². The number of carbonyl (C=O) groups is 1. The lowest BCUT2D eigenvalue weighted by atomic mass is 10.0. The van der Waals surface area contributed by atoms with Crippen molar-refractivity contribution >= 4 is 27.3 Å². The number of carbonyl (C=O) groups excluding carboxylic acids is 1. The first kappa shape index (κ1) is 17.1. The third-order valence-electron chi connectivity index (χ3n) is 3.08. The third-order valence-corrected chi connectivity index (χ3v) is 5.47. The fourth-order valence-electron chi connectivity index (χ4n) is 1.75. The van der Waals surface area contributed by atoms with Crippen LogP contribution in [0.2, 0.25) is 0 Å². The molecule has 1 rings (SSSR count). The lowest BCUT2D eigenvalue weighted by molar-refractivity contribution is 0.0428. The van der Waals surface area contributed by atoms with Gasteiger partial charge in [-0.1, -0.05) is 33.1 Å². The normalized spacial score (nSPS) is 13.2. The minimum atomic E-state index is -3.75. The second-order valence-corrected chi connectivity index (χ2v) is 7.41. The number of sulfonamides is 1. The van der Waals surface area contributed by atoms with Gasteiger partial charge in [0.15, 0.2) is 0 Å². The Hall–Kier alpha value is -0.920. The average Bonchev–Trinajstić information content (AvgIpc) is 2.88. The van der Waals surface area contributed by atoms with E-state index in [-0.39, 0.29) is 9.77 Å². The van der Waals surface area contributed by atoms with Crippen LogP contribution in [-0.4, -0.2) is 21.0 Å². The number of hydrogen-bond acceptors (Lipinski definition) is 5. The SMILES string of the molecule is CCCCC(CC)COC(=O)c1csc(S(N)(=O)=O)c1. The zero-order valence-electron chi connectivity index (χ0n) is 11.8. The van der Waals surface area contributed by atoms with Crippen LogP contribution >= 0.6 is 11.3 Å². The Morgan fingerprint density at radius 2 is 2.15 bits per heavy atom. The molecule has 5 nitrogen and oxygen atoms in total. The summed E-state index contributed by atoms with van der Waals surface area (Å²) in [6, 6.07) is 1.26. The van der Waals surface area contributed by atoms with Crippen molar-refractivity contribution in [2.75, 3.05) is 6.61 Å².